The Kier molecular flexibility index (Phi) is 3.20. The lowest BCUT2D eigenvalue weighted by Crippen LogP contribution is -2.04. The lowest BCUT2D eigenvalue weighted by atomic mass is 10.1. The van der Waals surface area contributed by atoms with Crippen LogP contribution in [0, 0.1) is 17.1 Å². The van der Waals surface area contributed by atoms with Gasteiger partial charge in [-0.15, -0.1) is 0 Å². The molecule has 5 heteroatoms. The maximum absolute atomic E-state index is 13.1. The smallest absolute Gasteiger partial charge is 0.339 e. The van der Waals surface area contributed by atoms with Gasteiger partial charge in [-0.1, -0.05) is 0 Å². The molecule has 1 aromatic rings. The van der Waals surface area contributed by atoms with Crippen molar-refractivity contribution in [3.63, 3.8) is 0 Å². The summed E-state index contributed by atoms with van der Waals surface area (Å²) in [6, 6.07) is 4.05. The second kappa shape index (κ2) is 4.20. The van der Waals surface area contributed by atoms with Gasteiger partial charge in [-0.2, -0.15) is 5.26 Å². The number of carbonyl (C=O) groups excluding carboxylic acids is 1. The van der Waals surface area contributed by atoms with Crippen LogP contribution < -0.4 is 0 Å². The van der Waals surface area contributed by atoms with E-state index in [4.69, 9.17) is 5.26 Å². The number of hydrogen-bond acceptors (Lipinski definition) is 3. The Hall–Kier alpha value is -1.41. The van der Waals surface area contributed by atoms with Crippen molar-refractivity contribution >= 4 is 21.9 Å². The number of carbonyl (C=O) groups is 1. The minimum absolute atomic E-state index is 0.00310. The molecule has 72 valence electrons. The number of benzene rings is 1. The molecule has 3 nitrogen and oxygen atoms in total. The molecule has 0 aliphatic rings. The zero-order valence-corrected chi connectivity index (χ0v) is 8.76. The zero-order valence-electron chi connectivity index (χ0n) is 7.17. The molecule has 0 heterocycles. The summed E-state index contributed by atoms with van der Waals surface area (Å²) in [7, 11) is 1.19. The molecule has 0 atom stereocenters. The van der Waals surface area contributed by atoms with Crippen LogP contribution in [0.25, 0.3) is 0 Å². The highest BCUT2D eigenvalue weighted by Crippen LogP contribution is 2.23. The summed E-state index contributed by atoms with van der Waals surface area (Å²) < 4.78 is 17.5. The van der Waals surface area contributed by atoms with Gasteiger partial charge in [-0.3, -0.25) is 0 Å². The molecule has 0 amide bonds. The van der Waals surface area contributed by atoms with E-state index in [1.807, 2.05) is 0 Å². The Bertz CT molecular complexity index is 426. The maximum Gasteiger partial charge on any atom is 0.339 e. The van der Waals surface area contributed by atoms with Crippen LogP contribution in [-0.2, 0) is 4.74 Å². The van der Waals surface area contributed by atoms with Crippen molar-refractivity contribution in [2.75, 3.05) is 7.11 Å². The molecule has 0 spiro atoms. The van der Waals surface area contributed by atoms with Crippen LogP contribution in [0.4, 0.5) is 4.39 Å². The minimum atomic E-state index is -0.687. The fourth-order valence-electron chi connectivity index (χ4n) is 0.912. The van der Waals surface area contributed by atoms with Crippen molar-refractivity contribution in [3.8, 4) is 6.07 Å². The Balaban J connectivity index is 3.36. The zero-order chi connectivity index (χ0) is 10.7. The van der Waals surface area contributed by atoms with Gasteiger partial charge < -0.3 is 4.74 Å². The quantitative estimate of drug-likeness (QED) is 0.726. The maximum atomic E-state index is 13.1. The van der Waals surface area contributed by atoms with Crippen LogP contribution in [0.5, 0.6) is 0 Å². The van der Waals surface area contributed by atoms with Gasteiger partial charge in [-0.25, -0.2) is 9.18 Å². The van der Waals surface area contributed by atoms with Crippen LogP contribution >= 0.6 is 15.9 Å². The lowest BCUT2D eigenvalue weighted by Gasteiger charge is -2.03. The lowest BCUT2D eigenvalue weighted by molar-refractivity contribution is 0.0599. The molecule has 0 saturated heterocycles. The molecule has 14 heavy (non-hydrogen) atoms. The number of esters is 1. The van der Waals surface area contributed by atoms with Crippen LogP contribution in [0.15, 0.2) is 16.6 Å². The first-order chi connectivity index (χ1) is 6.60. The first kappa shape index (κ1) is 10.7. The molecular formula is C9H5BrFNO2. The summed E-state index contributed by atoms with van der Waals surface area (Å²) in [4.78, 5) is 11.1. The largest absolute Gasteiger partial charge is 0.465 e. The van der Waals surface area contributed by atoms with Crippen LogP contribution in [0.3, 0.4) is 0 Å². The monoisotopic (exact) mass is 257 g/mol. The highest BCUT2D eigenvalue weighted by Gasteiger charge is 2.15. The Morgan fingerprint density at radius 2 is 2.29 bits per heavy atom. The number of nitriles is 1. The third-order valence-corrected chi connectivity index (χ3v) is 2.37. The van der Waals surface area contributed by atoms with E-state index >= 15 is 0 Å². The van der Waals surface area contributed by atoms with Gasteiger partial charge in [0.1, 0.15) is 5.82 Å². The summed E-state index contributed by atoms with van der Waals surface area (Å²) in [6.45, 7) is 0. The SMILES string of the molecule is COC(=O)c1cc(C#N)cc(F)c1Br. The van der Waals surface area contributed by atoms with E-state index in [9.17, 15) is 9.18 Å². The van der Waals surface area contributed by atoms with Gasteiger partial charge >= 0.3 is 5.97 Å². The molecule has 1 rings (SSSR count). The summed E-state index contributed by atoms with van der Waals surface area (Å²) in [5, 5.41) is 8.55. The molecule has 0 N–H and O–H groups in total. The Morgan fingerprint density at radius 3 is 2.79 bits per heavy atom. The van der Waals surface area contributed by atoms with E-state index in [0.717, 1.165) is 6.07 Å². The van der Waals surface area contributed by atoms with Gasteiger partial charge in [0.2, 0.25) is 0 Å². The van der Waals surface area contributed by atoms with E-state index in [-0.39, 0.29) is 15.6 Å². The molecule has 1 aromatic carbocycles. The number of ether oxygens (including phenoxy) is 1. The number of hydrogen-bond donors (Lipinski definition) is 0. The summed E-state index contributed by atoms with van der Waals surface area (Å²) in [5.41, 5.74) is 0.0788. The molecule has 0 radical (unpaired) electrons. The van der Waals surface area contributed by atoms with Crippen molar-refractivity contribution < 1.29 is 13.9 Å². The van der Waals surface area contributed by atoms with Gasteiger partial charge in [0.25, 0.3) is 0 Å². The van der Waals surface area contributed by atoms with Crippen LogP contribution in [0.2, 0.25) is 0 Å². The minimum Gasteiger partial charge on any atom is -0.465 e. The van der Waals surface area contributed by atoms with Gasteiger partial charge in [-0.05, 0) is 28.1 Å². The number of halogens is 2. The van der Waals surface area contributed by atoms with Gasteiger partial charge in [0.15, 0.2) is 0 Å². The summed E-state index contributed by atoms with van der Waals surface area (Å²) in [5.74, 6) is -1.35. The predicted molar refractivity (Wildman–Crippen MR) is 50.2 cm³/mol. The fraction of sp³-hybridized carbons (Fsp3) is 0.111. The normalized spacial score (nSPS) is 9.29. The van der Waals surface area contributed by atoms with E-state index in [1.54, 1.807) is 6.07 Å². The molecule has 0 aliphatic heterocycles. The third kappa shape index (κ3) is 1.91. The van der Waals surface area contributed by atoms with E-state index in [0.29, 0.717) is 0 Å². The van der Waals surface area contributed by atoms with E-state index < -0.39 is 11.8 Å². The summed E-state index contributed by atoms with van der Waals surface area (Å²) >= 11 is 2.90. The molecule has 0 aliphatic carbocycles. The van der Waals surface area contributed by atoms with Gasteiger partial charge in [0, 0.05) is 0 Å². The van der Waals surface area contributed by atoms with Crippen molar-refractivity contribution in [1.29, 1.82) is 5.26 Å². The Labute approximate surface area is 88.2 Å². The summed E-state index contributed by atoms with van der Waals surface area (Å²) in [6.07, 6.45) is 0. The van der Waals surface area contributed by atoms with Crippen molar-refractivity contribution in [2.45, 2.75) is 0 Å². The van der Waals surface area contributed by atoms with Gasteiger partial charge in [0.05, 0.1) is 28.8 Å². The van der Waals surface area contributed by atoms with Crippen molar-refractivity contribution in [3.05, 3.63) is 33.5 Å². The molecular weight excluding hydrogens is 253 g/mol. The number of rotatable bonds is 1. The topological polar surface area (TPSA) is 50.1 Å². The van der Waals surface area contributed by atoms with E-state index in [2.05, 4.69) is 20.7 Å². The highest BCUT2D eigenvalue weighted by molar-refractivity contribution is 9.10. The average molecular weight is 258 g/mol. The van der Waals surface area contributed by atoms with Crippen LogP contribution in [0.1, 0.15) is 15.9 Å². The number of methoxy groups -OCH3 is 1. The second-order valence-corrected chi connectivity index (χ2v) is 3.22. The second-order valence-electron chi connectivity index (χ2n) is 2.42. The van der Waals surface area contributed by atoms with Crippen LogP contribution in [-0.4, -0.2) is 13.1 Å². The standard InChI is InChI=1S/C9H5BrFNO2/c1-14-9(13)6-2-5(4-12)3-7(11)8(6)10/h2-3H,1H3. The molecule has 0 unspecified atom stereocenters. The molecule has 0 aromatic heterocycles. The van der Waals surface area contributed by atoms with Crippen molar-refractivity contribution in [2.24, 2.45) is 0 Å². The third-order valence-electron chi connectivity index (χ3n) is 1.56. The molecule has 0 saturated carbocycles. The first-order valence-corrected chi connectivity index (χ1v) is 4.37. The average Bonchev–Trinajstić information content (AvgIpc) is 2.20. The predicted octanol–water partition coefficient (Wildman–Crippen LogP) is 2.25. The van der Waals surface area contributed by atoms with Crippen molar-refractivity contribution in [1.82, 2.24) is 0 Å². The van der Waals surface area contributed by atoms with E-state index in [1.165, 1.54) is 13.2 Å². The molecule has 0 bridgehead atoms. The molecule has 0 fully saturated rings. The fourth-order valence-corrected chi connectivity index (χ4v) is 1.30. The number of nitrogens with zero attached hydrogens (tertiary/aromatic N) is 1. The Morgan fingerprint density at radius 1 is 1.64 bits per heavy atom. The highest BCUT2D eigenvalue weighted by atomic mass is 79.9. The first-order valence-electron chi connectivity index (χ1n) is 3.57.